The molecule has 0 spiro atoms. The number of carboxylic acid groups (broad SMARTS) is 2. The Morgan fingerprint density at radius 2 is 1.68 bits per heavy atom. The number of hydrogen-bond donors (Lipinski definition) is 2. The minimum atomic E-state index is -5.08. The molecule has 2 aromatic rings. The summed E-state index contributed by atoms with van der Waals surface area (Å²) in [5, 5.41) is 14.2. The van der Waals surface area contributed by atoms with E-state index in [1.54, 1.807) is 0 Å². The second kappa shape index (κ2) is 12.9. The first-order chi connectivity index (χ1) is 17.2. The fourth-order valence-corrected chi connectivity index (χ4v) is 3.30. The molecule has 2 aromatic heterocycles. The van der Waals surface area contributed by atoms with E-state index in [1.165, 1.54) is 29.5 Å². The maximum Gasteiger partial charge on any atom is 0.490 e. The number of ether oxygens (including phenoxy) is 1. The van der Waals surface area contributed by atoms with Crippen molar-refractivity contribution < 1.29 is 55.3 Å². The summed E-state index contributed by atoms with van der Waals surface area (Å²) < 4.78 is 75.0. The van der Waals surface area contributed by atoms with Gasteiger partial charge >= 0.3 is 24.3 Å². The molecule has 0 radical (unpaired) electrons. The summed E-state index contributed by atoms with van der Waals surface area (Å²) in [6, 6.07) is 4.11. The number of fused-ring (bicyclic) bond motifs is 1. The number of carbonyl (C=O) groups is 2. The third-order valence-electron chi connectivity index (χ3n) is 5.28. The molecule has 0 atom stereocenters. The van der Waals surface area contributed by atoms with Gasteiger partial charge in [-0.2, -0.15) is 26.3 Å². The number of aryl methyl sites for hydroxylation is 1. The molecule has 1 aliphatic carbocycles. The largest absolute Gasteiger partial charge is 0.490 e. The number of pyridine rings is 1. The van der Waals surface area contributed by atoms with E-state index in [9.17, 15) is 26.3 Å². The Labute approximate surface area is 207 Å². The zero-order valence-corrected chi connectivity index (χ0v) is 19.7. The van der Waals surface area contributed by atoms with Crippen molar-refractivity contribution in [2.45, 2.75) is 58.2 Å². The van der Waals surface area contributed by atoms with Crippen molar-refractivity contribution in [3.8, 4) is 0 Å². The van der Waals surface area contributed by atoms with Crippen LogP contribution in [0.15, 0.2) is 28.9 Å². The van der Waals surface area contributed by atoms with Crippen LogP contribution in [0.2, 0.25) is 0 Å². The summed E-state index contributed by atoms with van der Waals surface area (Å²) in [4.78, 5) is 24.6. The Bertz CT molecular complexity index is 1030. The van der Waals surface area contributed by atoms with Gasteiger partial charge in [0.15, 0.2) is 0 Å². The first-order valence-electron chi connectivity index (χ1n) is 11.1. The number of furan rings is 1. The molecule has 1 saturated carbocycles. The summed E-state index contributed by atoms with van der Waals surface area (Å²) >= 11 is 0. The van der Waals surface area contributed by atoms with Crippen LogP contribution in [0.3, 0.4) is 0 Å². The number of aromatic nitrogens is 1. The van der Waals surface area contributed by atoms with Gasteiger partial charge in [-0.05, 0) is 60.9 Å². The van der Waals surface area contributed by atoms with Crippen LogP contribution in [-0.4, -0.2) is 57.5 Å². The van der Waals surface area contributed by atoms with E-state index in [1.807, 2.05) is 25.4 Å². The monoisotopic (exact) mass is 540 g/mol. The second-order valence-electron chi connectivity index (χ2n) is 8.47. The fourth-order valence-electron chi connectivity index (χ4n) is 3.30. The number of alkyl halides is 6. The Morgan fingerprint density at radius 3 is 2.16 bits per heavy atom. The first kappa shape index (κ1) is 30.1. The average molecular weight is 540 g/mol. The molecule has 0 saturated heterocycles. The molecule has 0 bridgehead atoms. The molecule has 3 heterocycles. The quantitative estimate of drug-likeness (QED) is 0.506. The third kappa shape index (κ3) is 10.8. The number of aliphatic carboxylic acids is 2. The van der Waals surface area contributed by atoms with E-state index in [0.29, 0.717) is 6.61 Å². The molecular formula is C23H26F6N2O6. The lowest BCUT2D eigenvalue weighted by molar-refractivity contribution is -0.193. The van der Waals surface area contributed by atoms with Gasteiger partial charge in [0.1, 0.15) is 11.5 Å². The highest BCUT2D eigenvalue weighted by molar-refractivity contribution is 5.73. The average Bonchev–Trinajstić information content (AvgIpc) is 3.53. The van der Waals surface area contributed by atoms with Gasteiger partial charge in [-0.25, -0.2) is 9.59 Å². The summed E-state index contributed by atoms with van der Waals surface area (Å²) in [6.07, 6.45) is -2.42. The standard InChI is InChI=1S/C19H24N2O2.2C2HF3O2/c1-14-2-5-18(23-14)11-21-7-6-19-16(10-21)8-20-9-17(19)13-22-12-15-3-4-15;2*3-2(4,5)1(6)7/h2,5,8-9,15H,3-4,6-7,10-13H2,1H3;2*(H,6,7). The lowest BCUT2D eigenvalue weighted by Gasteiger charge is -2.29. The van der Waals surface area contributed by atoms with Gasteiger partial charge < -0.3 is 19.4 Å². The Kier molecular flexibility index (Phi) is 10.5. The van der Waals surface area contributed by atoms with Crippen LogP contribution < -0.4 is 0 Å². The van der Waals surface area contributed by atoms with Crippen LogP contribution in [0.4, 0.5) is 26.3 Å². The second-order valence-corrected chi connectivity index (χ2v) is 8.47. The topological polar surface area (TPSA) is 113 Å². The number of nitrogens with zero attached hydrogens (tertiary/aromatic N) is 2. The Morgan fingerprint density at radius 1 is 1.08 bits per heavy atom. The van der Waals surface area contributed by atoms with Crippen LogP contribution in [0.25, 0.3) is 0 Å². The lowest BCUT2D eigenvalue weighted by atomic mass is 9.97. The number of halogens is 6. The smallest absolute Gasteiger partial charge is 0.475 e. The van der Waals surface area contributed by atoms with Crippen molar-refractivity contribution in [3.63, 3.8) is 0 Å². The molecule has 2 N–H and O–H groups in total. The van der Waals surface area contributed by atoms with Crippen LogP contribution in [0.5, 0.6) is 0 Å². The van der Waals surface area contributed by atoms with Crippen molar-refractivity contribution in [2.24, 2.45) is 5.92 Å². The number of rotatable bonds is 6. The highest BCUT2D eigenvalue weighted by Crippen LogP contribution is 2.30. The summed E-state index contributed by atoms with van der Waals surface area (Å²) in [6.45, 7) is 6.49. The van der Waals surface area contributed by atoms with E-state index in [4.69, 9.17) is 29.0 Å². The maximum absolute atomic E-state index is 10.6. The van der Waals surface area contributed by atoms with E-state index >= 15 is 0 Å². The minimum Gasteiger partial charge on any atom is -0.475 e. The van der Waals surface area contributed by atoms with Crippen molar-refractivity contribution in [2.75, 3.05) is 13.2 Å². The van der Waals surface area contributed by atoms with Gasteiger partial charge in [-0.3, -0.25) is 9.88 Å². The van der Waals surface area contributed by atoms with Crippen molar-refractivity contribution >= 4 is 11.9 Å². The maximum atomic E-state index is 10.6. The fraction of sp³-hybridized carbons (Fsp3) is 0.522. The van der Waals surface area contributed by atoms with Crippen LogP contribution in [0.1, 0.15) is 41.1 Å². The van der Waals surface area contributed by atoms with Gasteiger partial charge in [0.2, 0.25) is 0 Å². The van der Waals surface area contributed by atoms with E-state index in [-0.39, 0.29) is 0 Å². The van der Waals surface area contributed by atoms with Gasteiger partial charge in [0.05, 0.1) is 13.2 Å². The van der Waals surface area contributed by atoms with E-state index in [0.717, 1.165) is 50.1 Å². The van der Waals surface area contributed by atoms with Gasteiger partial charge in [-0.15, -0.1) is 0 Å². The molecule has 4 rings (SSSR count). The Hall–Kier alpha value is -3.13. The molecule has 206 valence electrons. The first-order valence-corrected chi connectivity index (χ1v) is 11.1. The molecular weight excluding hydrogens is 514 g/mol. The molecule has 0 aromatic carbocycles. The molecule has 8 nitrogen and oxygen atoms in total. The highest BCUT2D eigenvalue weighted by atomic mass is 19.4. The van der Waals surface area contributed by atoms with Gasteiger partial charge in [0, 0.05) is 32.1 Å². The molecule has 37 heavy (non-hydrogen) atoms. The summed E-state index contributed by atoms with van der Waals surface area (Å²) in [7, 11) is 0. The van der Waals surface area contributed by atoms with E-state index < -0.39 is 24.3 Å². The number of carboxylic acids is 2. The third-order valence-corrected chi connectivity index (χ3v) is 5.28. The molecule has 14 heteroatoms. The van der Waals surface area contributed by atoms with Gasteiger partial charge in [-0.1, -0.05) is 0 Å². The summed E-state index contributed by atoms with van der Waals surface area (Å²) in [5.74, 6) is -2.67. The molecule has 1 aliphatic heterocycles. The number of hydrogen-bond acceptors (Lipinski definition) is 6. The van der Waals surface area contributed by atoms with Crippen molar-refractivity contribution in [1.29, 1.82) is 0 Å². The van der Waals surface area contributed by atoms with Crippen LogP contribution >= 0.6 is 0 Å². The van der Waals surface area contributed by atoms with E-state index in [2.05, 4.69) is 16.0 Å². The van der Waals surface area contributed by atoms with Crippen LogP contribution in [-0.2, 0) is 40.4 Å². The van der Waals surface area contributed by atoms with Crippen molar-refractivity contribution in [3.05, 3.63) is 52.7 Å². The van der Waals surface area contributed by atoms with Crippen molar-refractivity contribution in [1.82, 2.24) is 9.88 Å². The normalized spacial score (nSPS) is 15.5. The summed E-state index contributed by atoms with van der Waals surface area (Å²) in [5.41, 5.74) is 4.06. The predicted octanol–water partition coefficient (Wildman–Crippen LogP) is 4.73. The molecule has 1 fully saturated rings. The highest BCUT2D eigenvalue weighted by Gasteiger charge is 2.38. The predicted molar refractivity (Wildman–Crippen MR) is 115 cm³/mol. The molecule has 0 unspecified atom stereocenters. The molecule has 0 amide bonds. The van der Waals surface area contributed by atoms with Gasteiger partial charge in [0.25, 0.3) is 0 Å². The molecule has 2 aliphatic rings. The SMILES string of the molecule is Cc1ccc(CN2CCc3c(COCC4CC4)cncc3C2)o1.O=C(O)C(F)(F)F.O=C(O)C(F)(F)F. The van der Waals surface area contributed by atoms with Crippen LogP contribution in [0, 0.1) is 12.8 Å². The Balaban J connectivity index is 0.000000286. The minimum absolute atomic E-state index is 0.712. The lowest BCUT2D eigenvalue weighted by Crippen LogP contribution is -2.30. The zero-order valence-electron chi connectivity index (χ0n) is 19.7. The zero-order chi connectivity index (χ0) is 27.8.